The zero-order chi connectivity index (χ0) is 12.3. The molecule has 2 rings (SSSR count). The van der Waals surface area contributed by atoms with Gasteiger partial charge in [-0.2, -0.15) is 0 Å². The van der Waals surface area contributed by atoms with Gasteiger partial charge in [0.1, 0.15) is 5.82 Å². The highest BCUT2D eigenvalue weighted by molar-refractivity contribution is 7.99. The molecule has 2 N–H and O–H groups in total. The van der Waals surface area contributed by atoms with E-state index >= 15 is 0 Å². The van der Waals surface area contributed by atoms with Crippen LogP contribution in [0.3, 0.4) is 0 Å². The molecule has 0 bridgehead atoms. The predicted octanol–water partition coefficient (Wildman–Crippen LogP) is 4.12. The fourth-order valence-corrected chi connectivity index (χ4v) is 2.39. The molecule has 0 saturated heterocycles. The first-order chi connectivity index (χ1) is 8.19. The number of hydrogen-bond donors (Lipinski definition) is 1. The lowest BCUT2D eigenvalue weighted by atomic mass is 10.2. The van der Waals surface area contributed by atoms with Gasteiger partial charge in [-0.1, -0.05) is 24.8 Å². The fourth-order valence-electron chi connectivity index (χ4n) is 1.55. The maximum absolute atomic E-state index is 13.6. The summed E-state index contributed by atoms with van der Waals surface area (Å²) >= 11 is 1.53. The molecule has 88 valence electrons. The number of nitrogen functional groups attached to an aromatic ring is 1. The Hall–Kier alpha value is -1.48. The van der Waals surface area contributed by atoms with E-state index in [1.807, 2.05) is 43.3 Å². The molecule has 0 atom stereocenters. The molecule has 0 aliphatic heterocycles. The van der Waals surface area contributed by atoms with Gasteiger partial charge in [0, 0.05) is 15.5 Å². The van der Waals surface area contributed by atoms with Crippen LogP contribution in [-0.4, -0.2) is 0 Å². The normalized spacial score (nSPS) is 10.5. The number of rotatable bonds is 3. The molecule has 0 heterocycles. The predicted molar refractivity (Wildman–Crippen MR) is 70.8 cm³/mol. The molecule has 2 aromatic carbocycles. The largest absolute Gasteiger partial charge is 0.399 e. The zero-order valence-electron chi connectivity index (χ0n) is 9.61. The third-order valence-corrected chi connectivity index (χ3v) is 3.52. The van der Waals surface area contributed by atoms with E-state index in [-0.39, 0.29) is 5.82 Å². The summed E-state index contributed by atoms with van der Waals surface area (Å²) in [6.45, 7) is 1.95. The molecule has 0 amide bonds. The fraction of sp³-hybridized carbons (Fsp3) is 0.143. The molecular formula is C14H14FNS. The highest BCUT2D eigenvalue weighted by atomic mass is 32.2. The van der Waals surface area contributed by atoms with Crippen molar-refractivity contribution >= 4 is 17.4 Å². The average molecular weight is 247 g/mol. The van der Waals surface area contributed by atoms with E-state index in [2.05, 4.69) is 0 Å². The van der Waals surface area contributed by atoms with Gasteiger partial charge in [-0.15, -0.1) is 0 Å². The van der Waals surface area contributed by atoms with Crippen molar-refractivity contribution < 1.29 is 4.39 Å². The first-order valence-electron chi connectivity index (χ1n) is 5.51. The quantitative estimate of drug-likeness (QED) is 0.826. The van der Waals surface area contributed by atoms with Crippen molar-refractivity contribution in [3.8, 4) is 0 Å². The van der Waals surface area contributed by atoms with Crippen LogP contribution in [-0.2, 0) is 6.42 Å². The lowest BCUT2D eigenvalue weighted by Crippen LogP contribution is -1.87. The summed E-state index contributed by atoms with van der Waals surface area (Å²) in [4.78, 5) is 1.97. The molecule has 0 aliphatic rings. The molecule has 0 unspecified atom stereocenters. The molecular weight excluding hydrogens is 233 g/mol. The maximum atomic E-state index is 13.6. The van der Waals surface area contributed by atoms with E-state index in [9.17, 15) is 4.39 Å². The zero-order valence-corrected chi connectivity index (χ0v) is 10.4. The number of aryl methyl sites for hydroxylation is 1. The monoisotopic (exact) mass is 247 g/mol. The second-order valence-corrected chi connectivity index (χ2v) is 4.92. The van der Waals surface area contributed by atoms with Gasteiger partial charge >= 0.3 is 0 Å². The van der Waals surface area contributed by atoms with Crippen molar-refractivity contribution in [1.82, 2.24) is 0 Å². The van der Waals surface area contributed by atoms with Crippen LogP contribution < -0.4 is 5.73 Å². The summed E-state index contributed by atoms with van der Waals surface area (Å²) in [6.07, 6.45) is 0.721. The standard InChI is InChI=1S/C14H14FNS/c1-2-10-3-6-13(9-14(10)15)17-12-7-4-11(16)5-8-12/h3-9H,2,16H2,1H3. The minimum atomic E-state index is -0.132. The molecule has 2 aromatic rings. The Balaban J connectivity index is 2.19. The molecule has 0 radical (unpaired) electrons. The second-order valence-electron chi connectivity index (χ2n) is 3.78. The van der Waals surface area contributed by atoms with Crippen molar-refractivity contribution in [2.45, 2.75) is 23.1 Å². The summed E-state index contributed by atoms with van der Waals surface area (Å²) in [5, 5.41) is 0. The Labute approximate surface area is 105 Å². The first-order valence-corrected chi connectivity index (χ1v) is 6.32. The van der Waals surface area contributed by atoms with Crippen molar-refractivity contribution in [2.24, 2.45) is 0 Å². The van der Waals surface area contributed by atoms with Crippen LogP contribution >= 0.6 is 11.8 Å². The van der Waals surface area contributed by atoms with E-state index in [4.69, 9.17) is 5.73 Å². The molecule has 0 fully saturated rings. The first kappa shape index (κ1) is 12.0. The van der Waals surface area contributed by atoms with Crippen molar-refractivity contribution in [3.05, 3.63) is 53.8 Å². The average Bonchev–Trinajstić information content (AvgIpc) is 2.32. The van der Waals surface area contributed by atoms with Gasteiger partial charge in [0.05, 0.1) is 0 Å². The van der Waals surface area contributed by atoms with Gasteiger partial charge < -0.3 is 5.73 Å². The Kier molecular flexibility index (Phi) is 3.69. The molecule has 0 spiro atoms. The lowest BCUT2D eigenvalue weighted by molar-refractivity contribution is 0.608. The van der Waals surface area contributed by atoms with E-state index < -0.39 is 0 Å². The minimum absolute atomic E-state index is 0.132. The number of hydrogen-bond acceptors (Lipinski definition) is 2. The van der Waals surface area contributed by atoms with Crippen LogP contribution in [0.15, 0.2) is 52.3 Å². The highest BCUT2D eigenvalue weighted by Crippen LogP contribution is 2.29. The van der Waals surface area contributed by atoms with Gasteiger partial charge in [0.2, 0.25) is 0 Å². The third kappa shape index (κ3) is 3.01. The van der Waals surface area contributed by atoms with Gasteiger partial charge in [-0.3, -0.25) is 0 Å². The van der Waals surface area contributed by atoms with Crippen molar-refractivity contribution in [2.75, 3.05) is 5.73 Å². The van der Waals surface area contributed by atoms with Crippen LogP contribution in [0, 0.1) is 5.82 Å². The number of anilines is 1. The van der Waals surface area contributed by atoms with Crippen LogP contribution in [0.4, 0.5) is 10.1 Å². The smallest absolute Gasteiger partial charge is 0.127 e. The maximum Gasteiger partial charge on any atom is 0.127 e. The molecule has 0 saturated carbocycles. The van der Waals surface area contributed by atoms with Crippen LogP contribution in [0.5, 0.6) is 0 Å². The molecule has 0 aliphatic carbocycles. The van der Waals surface area contributed by atoms with E-state index in [1.165, 1.54) is 11.8 Å². The van der Waals surface area contributed by atoms with E-state index in [1.54, 1.807) is 6.07 Å². The molecule has 3 heteroatoms. The molecule has 17 heavy (non-hydrogen) atoms. The van der Waals surface area contributed by atoms with E-state index in [0.717, 1.165) is 27.5 Å². The highest BCUT2D eigenvalue weighted by Gasteiger charge is 2.03. The van der Waals surface area contributed by atoms with Gasteiger partial charge in [0.15, 0.2) is 0 Å². The Morgan fingerprint density at radius 2 is 1.71 bits per heavy atom. The Morgan fingerprint density at radius 1 is 1.06 bits per heavy atom. The Bertz CT molecular complexity index is 508. The van der Waals surface area contributed by atoms with Gasteiger partial charge in [-0.25, -0.2) is 4.39 Å². The van der Waals surface area contributed by atoms with Crippen LogP contribution in [0.1, 0.15) is 12.5 Å². The summed E-state index contributed by atoms with van der Waals surface area (Å²) in [6, 6.07) is 12.9. The van der Waals surface area contributed by atoms with Crippen molar-refractivity contribution in [3.63, 3.8) is 0 Å². The summed E-state index contributed by atoms with van der Waals surface area (Å²) in [7, 11) is 0. The van der Waals surface area contributed by atoms with Crippen molar-refractivity contribution in [1.29, 1.82) is 0 Å². The Morgan fingerprint density at radius 3 is 2.29 bits per heavy atom. The molecule has 0 aromatic heterocycles. The number of nitrogens with two attached hydrogens (primary N) is 1. The topological polar surface area (TPSA) is 26.0 Å². The summed E-state index contributed by atoms with van der Waals surface area (Å²) in [5.41, 5.74) is 7.11. The SMILES string of the molecule is CCc1ccc(Sc2ccc(N)cc2)cc1F. The van der Waals surface area contributed by atoms with Gasteiger partial charge in [-0.05, 0) is 48.4 Å². The van der Waals surface area contributed by atoms with E-state index in [0.29, 0.717) is 0 Å². The van der Waals surface area contributed by atoms with Crippen LogP contribution in [0.2, 0.25) is 0 Å². The number of benzene rings is 2. The number of halogens is 1. The minimum Gasteiger partial charge on any atom is -0.399 e. The third-order valence-electron chi connectivity index (χ3n) is 2.52. The lowest BCUT2D eigenvalue weighted by Gasteiger charge is -2.04. The second kappa shape index (κ2) is 5.23. The van der Waals surface area contributed by atoms with Gasteiger partial charge in [0.25, 0.3) is 0 Å². The summed E-state index contributed by atoms with van der Waals surface area (Å²) in [5.74, 6) is -0.132. The van der Waals surface area contributed by atoms with Crippen LogP contribution in [0.25, 0.3) is 0 Å². The summed E-state index contributed by atoms with van der Waals surface area (Å²) < 4.78 is 13.6. The molecule has 1 nitrogen and oxygen atoms in total.